The van der Waals surface area contributed by atoms with Crippen LogP contribution < -0.4 is 5.73 Å². The van der Waals surface area contributed by atoms with Crippen molar-refractivity contribution in [3.63, 3.8) is 0 Å². The second kappa shape index (κ2) is 4.48. The van der Waals surface area contributed by atoms with E-state index in [2.05, 4.69) is 20.9 Å². The smallest absolute Gasteiger partial charge is 0.115 e. The van der Waals surface area contributed by atoms with E-state index in [0.29, 0.717) is 5.84 Å². The van der Waals surface area contributed by atoms with Gasteiger partial charge in [-0.25, -0.2) is 4.99 Å². The minimum absolute atomic E-state index is 0.256. The van der Waals surface area contributed by atoms with Gasteiger partial charge in [0.2, 0.25) is 0 Å². The van der Waals surface area contributed by atoms with Crippen LogP contribution in [-0.2, 0) is 0 Å². The van der Waals surface area contributed by atoms with Crippen molar-refractivity contribution in [2.45, 2.75) is 0 Å². The Hall–Kier alpha value is -0.540. The molecule has 0 atom stereocenters. The highest BCUT2D eigenvalue weighted by atomic mass is 79.9. The molecule has 0 aliphatic heterocycles. The summed E-state index contributed by atoms with van der Waals surface area (Å²) in [6.45, 7) is 0. The van der Waals surface area contributed by atoms with Crippen molar-refractivity contribution in [3.05, 3.63) is 28.7 Å². The van der Waals surface area contributed by atoms with E-state index >= 15 is 0 Å². The van der Waals surface area contributed by atoms with Crippen LogP contribution in [0.2, 0.25) is 0 Å². The average Bonchev–Trinajstić information content (AvgIpc) is 2.04. The Morgan fingerprint density at radius 3 is 2.92 bits per heavy atom. The molecule has 0 saturated heterocycles. The molecule has 0 fully saturated rings. The lowest BCUT2D eigenvalue weighted by atomic mass is 10.3. The number of hydrogen-bond acceptors (Lipinski definition) is 1. The van der Waals surface area contributed by atoms with Gasteiger partial charge in [-0.1, -0.05) is 22.0 Å². The molecular weight excluding hydrogens is 239 g/mol. The zero-order chi connectivity index (χ0) is 8.97. The van der Waals surface area contributed by atoms with Crippen LogP contribution in [0.1, 0.15) is 0 Å². The van der Waals surface area contributed by atoms with Gasteiger partial charge < -0.3 is 5.73 Å². The molecule has 0 bridgehead atoms. The number of hydrogen-bond donors (Lipinski definition) is 1. The third-order valence-corrected chi connectivity index (χ3v) is 1.98. The van der Waals surface area contributed by atoms with E-state index < -0.39 is 0 Å². The maximum atomic E-state index is 5.47. The quantitative estimate of drug-likeness (QED) is 0.487. The Balaban J connectivity index is 2.89. The van der Waals surface area contributed by atoms with Gasteiger partial charge in [0, 0.05) is 4.47 Å². The summed E-state index contributed by atoms with van der Waals surface area (Å²) in [4.78, 5) is 4.07. The molecule has 2 nitrogen and oxygen atoms in total. The summed E-state index contributed by atoms with van der Waals surface area (Å²) in [5.41, 5.74) is 6.27. The Morgan fingerprint density at radius 1 is 1.58 bits per heavy atom. The molecule has 4 heteroatoms. The molecule has 2 N–H and O–H groups in total. The van der Waals surface area contributed by atoms with Crippen molar-refractivity contribution in [2.75, 3.05) is 5.88 Å². The summed E-state index contributed by atoms with van der Waals surface area (Å²) < 4.78 is 0.978. The molecule has 1 rings (SSSR count). The number of aliphatic imine (C=N–C) groups is 1. The summed E-state index contributed by atoms with van der Waals surface area (Å²) in [6.07, 6.45) is 0. The fraction of sp³-hybridized carbons (Fsp3) is 0.125. The van der Waals surface area contributed by atoms with Crippen molar-refractivity contribution in [1.29, 1.82) is 0 Å². The molecule has 1 aromatic carbocycles. The first-order valence-electron chi connectivity index (χ1n) is 3.37. The van der Waals surface area contributed by atoms with Crippen molar-refractivity contribution < 1.29 is 0 Å². The highest BCUT2D eigenvalue weighted by molar-refractivity contribution is 9.10. The molecule has 0 amide bonds. The third-order valence-electron chi connectivity index (χ3n) is 1.22. The molecule has 0 aliphatic rings. The zero-order valence-electron chi connectivity index (χ0n) is 6.30. The van der Waals surface area contributed by atoms with Gasteiger partial charge in [0.25, 0.3) is 0 Å². The van der Waals surface area contributed by atoms with Crippen LogP contribution >= 0.6 is 27.5 Å². The van der Waals surface area contributed by atoms with Crippen LogP contribution in [0.5, 0.6) is 0 Å². The second-order valence-electron chi connectivity index (χ2n) is 2.22. The largest absolute Gasteiger partial charge is 0.386 e. The summed E-state index contributed by atoms with van der Waals surface area (Å²) in [5, 5.41) is 0. The molecule has 0 saturated carbocycles. The predicted octanol–water partition coefficient (Wildman–Crippen LogP) is 2.68. The van der Waals surface area contributed by atoms with Crippen LogP contribution in [0.25, 0.3) is 0 Å². The SMILES string of the molecule is NC(CCl)=Nc1cccc(Br)c1. The predicted molar refractivity (Wildman–Crippen MR) is 56.1 cm³/mol. The Morgan fingerprint density at radius 2 is 2.33 bits per heavy atom. The lowest BCUT2D eigenvalue weighted by molar-refractivity contribution is 1.44. The Kier molecular flexibility index (Phi) is 3.56. The van der Waals surface area contributed by atoms with E-state index in [-0.39, 0.29) is 5.88 Å². The molecule has 0 aromatic heterocycles. The van der Waals surface area contributed by atoms with E-state index in [4.69, 9.17) is 17.3 Å². The number of nitrogens with two attached hydrogens (primary N) is 1. The zero-order valence-corrected chi connectivity index (χ0v) is 8.64. The fourth-order valence-corrected chi connectivity index (χ4v) is 1.19. The summed E-state index contributed by atoms with van der Waals surface area (Å²) in [6, 6.07) is 7.56. The average molecular weight is 248 g/mol. The van der Waals surface area contributed by atoms with Gasteiger partial charge in [-0.15, -0.1) is 11.6 Å². The van der Waals surface area contributed by atoms with Gasteiger partial charge in [-0.05, 0) is 18.2 Å². The van der Waals surface area contributed by atoms with Gasteiger partial charge in [0.15, 0.2) is 0 Å². The summed E-state index contributed by atoms with van der Waals surface area (Å²) >= 11 is 8.81. The van der Waals surface area contributed by atoms with Crippen molar-refractivity contribution in [1.82, 2.24) is 0 Å². The van der Waals surface area contributed by atoms with Crippen LogP contribution in [0.15, 0.2) is 33.7 Å². The maximum Gasteiger partial charge on any atom is 0.115 e. The Labute approximate surface area is 84.6 Å². The van der Waals surface area contributed by atoms with E-state index in [9.17, 15) is 0 Å². The van der Waals surface area contributed by atoms with E-state index in [1.54, 1.807) is 0 Å². The van der Waals surface area contributed by atoms with E-state index in [1.807, 2.05) is 24.3 Å². The Bertz CT molecular complexity index is 299. The highest BCUT2D eigenvalue weighted by Crippen LogP contribution is 2.18. The molecule has 64 valence electrons. The van der Waals surface area contributed by atoms with Gasteiger partial charge in [-0.2, -0.15) is 0 Å². The topological polar surface area (TPSA) is 38.4 Å². The molecule has 0 unspecified atom stereocenters. The number of benzene rings is 1. The monoisotopic (exact) mass is 246 g/mol. The molecule has 0 spiro atoms. The summed E-state index contributed by atoms with van der Waals surface area (Å²) in [5.74, 6) is 0.682. The standard InChI is InChI=1S/C8H8BrClN2/c9-6-2-1-3-7(4-6)12-8(11)5-10/h1-4H,5H2,(H2,11,12). The number of amidine groups is 1. The minimum atomic E-state index is 0.256. The number of rotatable bonds is 2. The van der Waals surface area contributed by atoms with Gasteiger partial charge >= 0.3 is 0 Å². The van der Waals surface area contributed by atoms with Crippen LogP contribution in [0, 0.1) is 0 Å². The molecule has 0 aliphatic carbocycles. The lowest BCUT2D eigenvalue weighted by Gasteiger charge is -1.96. The number of alkyl halides is 1. The molecule has 0 heterocycles. The van der Waals surface area contributed by atoms with Crippen molar-refractivity contribution in [3.8, 4) is 0 Å². The van der Waals surface area contributed by atoms with Gasteiger partial charge in [0.05, 0.1) is 11.6 Å². The van der Waals surface area contributed by atoms with Crippen LogP contribution in [-0.4, -0.2) is 11.7 Å². The van der Waals surface area contributed by atoms with Crippen molar-refractivity contribution in [2.24, 2.45) is 10.7 Å². The van der Waals surface area contributed by atoms with E-state index in [0.717, 1.165) is 10.2 Å². The van der Waals surface area contributed by atoms with Gasteiger partial charge in [-0.3, -0.25) is 0 Å². The number of halogens is 2. The highest BCUT2D eigenvalue weighted by Gasteiger charge is 1.92. The first kappa shape index (κ1) is 9.55. The molecular formula is C8H8BrClN2. The van der Waals surface area contributed by atoms with Gasteiger partial charge in [0.1, 0.15) is 5.84 Å². The maximum absolute atomic E-state index is 5.47. The first-order chi connectivity index (χ1) is 5.72. The second-order valence-corrected chi connectivity index (χ2v) is 3.40. The molecule has 0 radical (unpaired) electrons. The first-order valence-corrected chi connectivity index (χ1v) is 4.69. The number of nitrogens with zero attached hydrogens (tertiary/aromatic N) is 1. The fourth-order valence-electron chi connectivity index (χ4n) is 0.741. The molecule has 12 heavy (non-hydrogen) atoms. The minimum Gasteiger partial charge on any atom is -0.386 e. The summed E-state index contributed by atoms with van der Waals surface area (Å²) in [7, 11) is 0. The van der Waals surface area contributed by atoms with Crippen molar-refractivity contribution >= 4 is 39.1 Å². The van der Waals surface area contributed by atoms with Crippen LogP contribution in [0.4, 0.5) is 5.69 Å². The van der Waals surface area contributed by atoms with E-state index in [1.165, 1.54) is 0 Å². The molecule has 1 aromatic rings. The normalized spacial score (nSPS) is 11.7. The lowest BCUT2D eigenvalue weighted by Crippen LogP contribution is -2.12. The van der Waals surface area contributed by atoms with Crippen LogP contribution in [0.3, 0.4) is 0 Å². The third kappa shape index (κ3) is 2.83.